The molecule has 1 aliphatic carbocycles. The lowest BCUT2D eigenvalue weighted by atomic mass is 9.98. The molecule has 1 aromatic rings. The van der Waals surface area contributed by atoms with Crippen molar-refractivity contribution in [1.29, 1.82) is 0 Å². The number of thioether (sulfide) groups is 1. The number of carboxylic acids is 1. The van der Waals surface area contributed by atoms with Crippen LogP contribution in [0.2, 0.25) is 0 Å². The molecule has 0 radical (unpaired) electrons. The van der Waals surface area contributed by atoms with E-state index in [2.05, 4.69) is 0 Å². The number of carbonyl (C=O) groups is 2. The van der Waals surface area contributed by atoms with Crippen LogP contribution in [0.4, 0.5) is 0 Å². The molecule has 5 heteroatoms. The van der Waals surface area contributed by atoms with Gasteiger partial charge in [0, 0.05) is 21.6 Å². The predicted molar refractivity (Wildman–Crippen MR) is 88.3 cm³/mol. The van der Waals surface area contributed by atoms with Gasteiger partial charge in [0.05, 0.1) is 6.26 Å². The van der Waals surface area contributed by atoms with Crippen LogP contribution in [0.3, 0.4) is 0 Å². The Balaban J connectivity index is 2.04. The standard InChI is InChI=1S/C18H14O4S/c1-23-13-5-2-12(3-6-13)18(21)14-7-4-11-8-9-22-15(17(11)14)10-16(19)20/h2-9H,10H2,1H3,(H,19,20). The summed E-state index contributed by atoms with van der Waals surface area (Å²) in [5, 5.41) is 9.02. The van der Waals surface area contributed by atoms with Crippen LogP contribution in [0.1, 0.15) is 21.7 Å². The molecule has 0 bridgehead atoms. The summed E-state index contributed by atoms with van der Waals surface area (Å²) in [5.41, 5.74) is 2.42. The highest BCUT2D eigenvalue weighted by atomic mass is 32.2. The molecule has 0 spiro atoms. The number of benzene rings is 1. The average Bonchev–Trinajstić information content (AvgIpc) is 2.99. The Morgan fingerprint density at radius 2 is 1.83 bits per heavy atom. The van der Waals surface area contributed by atoms with E-state index < -0.39 is 5.97 Å². The molecule has 3 rings (SSSR count). The van der Waals surface area contributed by atoms with Gasteiger partial charge in [-0.05, 0) is 48.2 Å². The van der Waals surface area contributed by atoms with Crippen molar-refractivity contribution in [3.05, 3.63) is 65.6 Å². The monoisotopic (exact) mass is 326 g/mol. The number of rotatable bonds is 5. The maximum Gasteiger partial charge on any atom is 0.311 e. The third-order valence-corrected chi connectivity index (χ3v) is 4.38. The van der Waals surface area contributed by atoms with Gasteiger partial charge in [-0.3, -0.25) is 9.59 Å². The molecule has 1 aliphatic heterocycles. The summed E-state index contributed by atoms with van der Waals surface area (Å²) >= 11 is 1.61. The van der Waals surface area contributed by atoms with E-state index in [1.54, 1.807) is 42.1 Å². The zero-order valence-electron chi connectivity index (χ0n) is 12.4. The summed E-state index contributed by atoms with van der Waals surface area (Å²) in [6.07, 6.45) is 3.16. The van der Waals surface area contributed by atoms with Crippen LogP contribution in [0.25, 0.3) is 11.1 Å². The zero-order chi connectivity index (χ0) is 16.4. The van der Waals surface area contributed by atoms with E-state index in [9.17, 15) is 9.59 Å². The minimum atomic E-state index is -0.995. The fraction of sp³-hybridized carbons (Fsp3) is 0.111. The Labute approximate surface area is 137 Å². The Morgan fingerprint density at radius 3 is 2.48 bits per heavy atom. The maximum absolute atomic E-state index is 12.8. The molecule has 1 heterocycles. The first kappa shape index (κ1) is 15.4. The summed E-state index contributed by atoms with van der Waals surface area (Å²) in [6.45, 7) is 0. The number of fused-ring (bicyclic) bond motifs is 1. The molecule has 4 nitrogen and oxygen atoms in total. The van der Waals surface area contributed by atoms with E-state index in [0.717, 1.165) is 10.5 Å². The van der Waals surface area contributed by atoms with Crippen molar-refractivity contribution in [1.82, 2.24) is 0 Å². The first-order valence-electron chi connectivity index (χ1n) is 7.00. The highest BCUT2D eigenvalue weighted by Crippen LogP contribution is 2.33. The lowest BCUT2D eigenvalue weighted by molar-refractivity contribution is -0.136. The molecular formula is C18H14O4S. The van der Waals surface area contributed by atoms with Crippen LogP contribution < -0.4 is 0 Å². The van der Waals surface area contributed by atoms with E-state index in [4.69, 9.17) is 9.52 Å². The summed E-state index contributed by atoms with van der Waals surface area (Å²) < 4.78 is 5.34. The number of aliphatic carboxylic acids is 1. The smallest absolute Gasteiger partial charge is 0.311 e. The van der Waals surface area contributed by atoms with E-state index in [1.807, 2.05) is 18.4 Å². The van der Waals surface area contributed by atoms with Gasteiger partial charge in [0.15, 0.2) is 5.78 Å². The second kappa shape index (κ2) is 6.30. The van der Waals surface area contributed by atoms with Gasteiger partial charge in [0.1, 0.15) is 12.2 Å². The van der Waals surface area contributed by atoms with Crippen molar-refractivity contribution in [3.63, 3.8) is 0 Å². The minimum absolute atomic E-state index is 0.138. The second-order valence-electron chi connectivity index (χ2n) is 5.05. The van der Waals surface area contributed by atoms with Gasteiger partial charge in [-0.15, -0.1) is 11.8 Å². The van der Waals surface area contributed by atoms with Crippen molar-refractivity contribution in [3.8, 4) is 11.1 Å². The highest BCUT2D eigenvalue weighted by Gasteiger charge is 2.23. The maximum atomic E-state index is 12.8. The fourth-order valence-electron chi connectivity index (χ4n) is 2.55. The topological polar surface area (TPSA) is 67.5 Å². The molecule has 0 aromatic heterocycles. The van der Waals surface area contributed by atoms with Crippen molar-refractivity contribution < 1.29 is 19.1 Å². The SMILES string of the molecule is CSc1ccc(C(=O)c2ccc3ccoc(CC(=O)O)c2-3)cc1. The first-order chi connectivity index (χ1) is 11.1. The first-order valence-corrected chi connectivity index (χ1v) is 8.22. The second-order valence-corrected chi connectivity index (χ2v) is 5.93. The quantitative estimate of drug-likeness (QED) is 0.568. The summed E-state index contributed by atoms with van der Waals surface area (Å²) in [7, 11) is 0. The molecule has 0 saturated carbocycles. The molecule has 0 fully saturated rings. The molecule has 2 aliphatic rings. The van der Waals surface area contributed by atoms with Crippen molar-refractivity contribution >= 4 is 23.5 Å². The summed E-state index contributed by atoms with van der Waals surface area (Å²) in [5.74, 6) is -0.838. The van der Waals surface area contributed by atoms with Crippen LogP contribution >= 0.6 is 11.8 Å². The third-order valence-electron chi connectivity index (χ3n) is 3.63. The van der Waals surface area contributed by atoms with Gasteiger partial charge < -0.3 is 9.52 Å². The molecular weight excluding hydrogens is 312 g/mol. The van der Waals surface area contributed by atoms with Gasteiger partial charge in [0.25, 0.3) is 0 Å². The number of carboxylic acid groups (broad SMARTS) is 1. The number of hydrogen-bond acceptors (Lipinski definition) is 4. The van der Waals surface area contributed by atoms with Crippen LogP contribution in [0.15, 0.2) is 58.0 Å². The zero-order valence-corrected chi connectivity index (χ0v) is 13.2. The number of carbonyl (C=O) groups excluding carboxylic acids is 1. The Bertz CT molecular complexity index is 833. The lowest BCUT2D eigenvalue weighted by Gasteiger charge is -2.08. The minimum Gasteiger partial charge on any atom is -0.481 e. The van der Waals surface area contributed by atoms with Crippen LogP contribution in [-0.2, 0) is 11.2 Å². The van der Waals surface area contributed by atoms with Crippen molar-refractivity contribution in [2.24, 2.45) is 0 Å². The Hall–Kier alpha value is -2.53. The largest absolute Gasteiger partial charge is 0.481 e. The fourth-order valence-corrected chi connectivity index (χ4v) is 2.96. The van der Waals surface area contributed by atoms with Crippen molar-refractivity contribution in [2.45, 2.75) is 11.3 Å². The molecule has 0 amide bonds. The molecule has 0 saturated heterocycles. The molecule has 116 valence electrons. The van der Waals surface area contributed by atoms with Gasteiger partial charge in [0.2, 0.25) is 0 Å². The molecule has 23 heavy (non-hydrogen) atoms. The molecule has 0 unspecified atom stereocenters. The predicted octanol–water partition coefficient (Wildman–Crippen LogP) is 3.96. The molecule has 1 N–H and O–H groups in total. The normalized spacial score (nSPS) is 10.8. The number of ketones is 1. The van der Waals surface area contributed by atoms with Crippen molar-refractivity contribution in [2.75, 3.05) is 6.26 Å². The van der Waals surface area contributed by atoms with Gasteiger partial charge in [-0.1, -0.05) is 6.07 Å². The third kappa shape index (κ3) is 3.00. The Kier molecular flexibility index (Phi) is 4.21. The van der Waals surface area contributed by atoms with Gasteiger partial charge >= 0.3 is 5.97 Å². The number of hydrogen-bond donors (Lipinski definition) is 1. The van der Waals surface area contributed by atoms with Crippen LogP contribution in [0.5, 0.6) is 0 Å². The summed E-state index contributed by atoms with van der Waals surface area (Å²) in [4.78, 5) is 24.9. The van der Waals surface area contributed by atoms with E-state index >= 15 is 0 Å². The highest BCUT2D eigenvalue weighted by molar-refractivity contribution is 7.98. The van der Waals surface area contributed by atoms with Gasteiger partial charge in [-0.2, -0.15) is 0 Å². The Morgan fingerprint density at radius 1 is 1.09 bits per heavy atom. The van der Waals surface area contributed by atoms with E-state index in [-0.39, 0.29) is 12.2 Å². The molecule has 1 aromatic carbocycles. The van der Waals surface area contributed by atoms with E-state index in [0.29, 0.717) is 22.5 Å². The van der Waals surface area contributed by atoms with Gasteiger partial charge in [-0.25, -0.2) is 0 Å². The summed E-state index contributed by atoms with van der Waals surface area (Å²) in [6, 6.07) is 12.6. The molecule has 0 atom stereocenters. The van der Waals surface area contributed by atoms with Crippen LogP contribution in [0, 0.1) is 0 Å². The van der Waals surface area contributed by atoms with E-state index in [1.165, 1.54) is 6.26 Å². The lowest BCUT2D eigenvalue weighted by Crippen LogP contribution is -2.06. The van der Waals surface area contributed by atoms with Crippen LogP contribution in [-0.4, -0.2) is 23.1 Å². The average molecular weight is 326 g/mol.